The SMILES string of the molecule is O=C(O)c1ccc(NC(=O)c2cc(O)ccc2Cl)cc1F. The van der Waals surface area contributed by atoms with Crippen molar-refractivity contribution in [1.29, 1.82) is 0 Å². The number of rotatable bonds is 3. The van der Waals surface area contributed by atoms with E-state index in [1.807, 2.05) is 0 Å². The van der Waals surface area contributed by atoms with Gasteiger partial charge < -0.3 is 15.5 Å². The zero-order valence-electron chi connectivity index (χ0n) is 10.4. The number of aromatic carboxylic acids is 1. The van der Waals surface area contributed by atoms with Crippen molar-refractivity contribution in [2.75, 3.05) is 5.32 Å². The van der Waals surface area contributed by atoms with Crippen LogP contribution < -0.4 is 5.32 Å². The molecule has 7 heteroatoms. The molecule has 0 aromatic heterocycles. The molecule has 0 aliphatic carbocycles. The van der Waals surface area contributed by atoms with Crippen LogP contribution in [0.5, 0.6) is 5.75 Å². The lowest BCUT2D eigenvalue weighted by atomic mass is 10.1. The molecule has 0 spiro atoms. The number of nitrogens with one attached hydrogen (secondary N) is 1. The highest BCUT2D eigenvalue weighted by atomic mass is 35.5. The molecule has 0 fully saturated rings. The van der Waals surface area contributed by atoms with Crippen LogP contribution in [-0.2, 0) is 0 Å². The van der Waals surface area contributed by atoms with E-state index in [1.54, 1.807) is 0 Å². The first kappa shape index (κ1) is 14.8. The molecule has 2 rings (SSSR count). The summed E-state index contributed by atoms with van der Waals surface area (Å²) in [6, 6.07) is 7.01. The molecule has 5 nitrogen and oxygen atoms in total. The van der Waals surface area contributed by atoms with Crippen LogP contribution in [0.3, 0.4) is 0 Å². The number of benzene rings is 2. The molecular weight excluding hydrogens is 301 g/mol. The van der Waals surface area contributed by atoms with Crippen LogP contribution in [0.1, 0.15) is 20.7 Å². The van der Waals surface area contributed by atoms with Crippen LogP contribution in [-0.4, -0.2) is 22.1 Å². The van der Waals surface area contributed by atoms with Gasteiger partial charge in [-0.25, -0.2) is 9.18 Å². The minimum absolute atomic E-state index is 0.0133. The summed E-state index contributed by atoms with van der Waals surface area (Å²) in [7, 11) is 0. The Kier molecular flexibility index (Phi) is 4.09. The van der Waals surface area contributed by atoms with Gasteiger partial charge in [0.05, 0.1) is 16.1 Å². The van der Waals surface area contributed by atoms with Gasteiger partial charge in [-0.15, -0.1) is 0 Å². The summed E-state index contributed by atoms with van der Waals surface area (Å²) in [6.45, 7) is 0. The average Bonchev–Trinajstić information content (AvgIpc) is 2.41. The minimum atomic E-state index is -1.40. The Labute approximate surface area is 123 Å². The van der Waals surface area contributed by atoms with Gasteiger partial charge in [0, 0.05) is 5.69 Å². The van der Waals surface area contributed by atoms with Crippen LogP contribution in [0.15, 0.2) is 36.4 Å². The van der Waals surface area contributed by atoms with Crippen LogP contribution in [0.25, 0.3) is 0 Å². The molecule has 2 aromatic rings. The molecule has 2 aromatic carbocycles. The number of aromatic hydroxyl groups is 1. The number of carboxylic acids is 1. The third-order valence-electron chi connectivity index (χ3n) is 2.65. The van der Waals surface area contributed by atoms with E-state index < -0.39 is 23.3 Å². The topological polar surface area (TPSA) is 86.6 Å². The molecule has 0 bridgehead atoms. The van der Waals surface area contributed by atoms with Crippen molar-refractivity contribution in [3.05, 3.63) is 58.4 Å². The molecular formula is C14H9ClFNO4. The van der Waals surface area contributed by atoms with E-state index in [1.165, 1.54) is 24.3 Å². The number of phenolic OH excluding ortho intramolecular Hbond substituents is 1. The number of carbonyl (C=O) groups is 2. The number of anilines is 1. The molecule has 0 aliphatic heterocycles. The Bertz CT molecular complexity index is 733. The largest absolute Gasteiger partial charge is 0.508 e. The summed E-state index contributed by atoms with van der Waals surface area (Å²) in [5, 5.41) is 20.5. The molecule has 0 saturated carbocycles. The predicted octanol–water partition coefficient (Wildman–Crippen LogP) is 3.14. The van der Waals surface area contributed by atoms with Crippen molar-refractivity contribution < 1.29 is 24.2 Å². The highest BCUT2D eigenvalue weighted by molar-refractivity contribution is 6.34. The minimum Gasteiger partial charge on any atom is -0.508 e. The van der Waals surface area contributed by atoms with Gasteiger partial charge in [0.25, 0.3) is 5.91 Å². The number of carboxylic acid groups (broad SMARTS) is 1. The Morgan fingerprint density at radius 3 is 2.43 bits per heavy atom. The van der Waals surface area contributed by atoms with E-state index in [0.29, 0.717) is 0 Å². The summed E-state index contributed by atoms with van der Waals surface area (Å²) in [6.07, 6.45) is 0. The average molecular weight is 310 g/mol. The first-order valence-electron chi connectivity index (χ1n) is 5.71. The monoisotopic (exact) mass is 309 g/mol. The predicted molar refractivity (Wildman–Crippen MR) is 74.4 cm³/mol. The molecule has 0 radical (unpaired) electrons. The lowest BCUT2D eigenvalue weighted by molar-refractivity contribution is 0.0692. The van der Waals surface area contributed by atoms with Crippen molar-refractivity contribution in [3.8, 4) is 5.75 Å². The van der Waals surface area contributed by atoms with E-state index in [9.17, 15) is 19.1 Å². The fraction of sp³-hybridized carbons (Fsp3) is 0. The Morgan fingerprint density at radius 1 is 1.10 bits per heavy atom. The molecule has 3 N–H and O–H groups in total. The summed E-state index contributed by atoms with van der Waals surface area (Å²) in [5.74, 6) is -3.17. The normalized spacial score (nSPS) is 10.2. The maximum absolute atomic E-state index is 13.5. The van der Waals surface area contributed by atoms with Crippen molar-refractivity contribution >= 4 is 29.2 Å². The van der Waals surface area contributed by atoms with Gasteiger partial charge >= 0.3 is 5.97 Å². The van der Waals surface area contributed by atoms with E-state index >= 15 is 0 Å². The van der Waals surface area contributed by atoms with E-state index in [4.69, 9.17) is 16.7 Å². The zero-order chi connectivity index (χ0) is 15.6. The number of phenols is 1. The van der Waals surface area contributed by atoms with Crippen LogP contribution >= 0.6 is 11.6 Å². The Morgan fingerprint density at radius 2 is 1.81 bits per heavy atom. The number of hydrogen-bond donors (Lipinski definition) is 3. The molecule has 21 heavy (non-hydrogen) atoms. The first-order chi connectivity index (χ1) is 9.88. The quantitative estimate of drug-likeness (QED) is 0.813. The fourth-order valence-corrected chi connectivity index (χ4v) is 1.86. The summed E-state index contributed by atoms with van der Waals surface area (Å²) >= 11 is 5.83. The van der Waals surface area contributed by atoms with Crippen LogP contribution in [0.4, 0.5) is 10.1 Å². The number of halogens is 2. The third-order valence-corrected chi connectivity index (χ3v) is 2.98. The van der Waals surface area contributed by atoms with Gasteiger partial charge in [0.1, 0.15) is 11.6 Å². The summed E-state index contributed by atoms with van der Waals surface area (Å²) in [4.78, 5) is 22.7. The smallest absolute Gasteiger partial charge is 0.338 e. The second-order valence-electron chi connectivity index (χ2n) is 4.12. The van der Waals surface area contributed by atoms with Crippen molar-refractivity contribution in [2.45, 2.75) is 0 Å². The van der Waals surface area contributed by atoms with Gasteiger partial charge in [0.15, 0.2) is 0 Å². The van der Waals surface area contributed by atoms with E-state index in [0.717, 1.165) is 12.1 Å². The van der Waals surface area contributed by atoms with Crippen molar-refractivity contribution in [1.82, 2.24) is 0 Å². The van der Waals surface area contributed by atoms with Gasteiger partial charge in [-0.3, -0.25) is 4.79 Å². The van der Waals surface area contributed by atoms with Crippen LogP contribution in [0, 0.1) is 5.82 Å². The number of amides is 1. The van der Waals surface area contributed by atoms with Crippen molar-refractivity contribution in [3.63, 3.8) is 0 Å². The highest BCUT2D eigenvalue weighted by Crippen LogP contribution is 2.23. The molecule has 0 unspecified atom stereocenters. The Hall–Kier alpha value is -2.60. The lowest BCUT2D eigenvalue weighted by Gasteiger charge is -2.08. The lowest BCUT2D eigenvalue weighted by Crippen LogP contribution is -2.13. The molecule has 0 atom stereocenters. The van der Waals surface area contributed by atoms with Gasteiger partial charge in [-0.2, -0.15) is 0 Å². The van der Waals surface area contributed by atoms with Gasteiger partial charge in [-0.05, 0) is 36.4 Å². The van der Waals surface area contributed by atoms with Crippen LogP contribution in [0.2, 0.25) is 5.02 Å². The van der Waals surface area contributed by atoms with Gasteiger partial charge in [-0.1, -0.05) is 11.6 Å². The summed E-state index contributed by atoms with van der Waals surface area (Å²) < 4.78 is 13.5. The maximum Gasteiger partial charge on any atom is 0.338 e. The zero-order valence-corrected chi connectivity index (χ0v) is 11.2. The molecule has 0 aliphatic rings. The molecule has 108 valence electrons. The second-order valence-corrected chi connectivity index (χ2v) is 4.53. The summed E-state index contributed by atoms with van der Waals surface area (Å²) in [5.41, 5.74) is -0.412. The van der Waals surface area contributed by atoms with Gasteiger partial charge in [0.2, 0.25) is 0 Å². The number of hydrogen-bond acceptors (Lipinski definition) is 3. The number of carbonyl (C=O) groups excluding carboxylic acids is 1. The highest BCUT2D eigenvalue weighted by Gasteiger charge is 2.14. The Balaban J connectivity index is 2.26. The molecule has 1 amide bonds. The molecule has 0 saturated heterocycles. The first-order valence-corrected chi connectivity index (χ1v) is 6.09. The fourth-order valence-electron chi connectivity index (χ4n) is 1.65. The standard InChI is InChI=1S/C14H9ClFNO4/c15-11-4-2-8(18)6-10(11)13(19)17-7-1-3-9(14(20)21)12(16)5-7/h1-6,18H,(H,17,19)(H,20,21). The second kappa shape index (κ2) is 5.80. The van der Waals surface area contributed by atoms with E-state index in [2.05, 4.69) is 5.32 Å². The molecule has 0 heterocycles. The van der Waals surface area contributed by atoms with E-state index in [-0.39, 0.29) is 22.0 Å². The maximum atomic E-state index is 13.5. The van der Waals surface area contributed by atoms with Crippen molar-refractivity contribution in [2.24, 2.45) is 0 Å². The third kappa shape index (κ3) is 3.29.